The van der Waals surface area contributed by atoms with Crippen molar-refractivity contribution in [2.24, 2.45) is 0 Å². The summed E-state index contributed by atoms with van der Waals surface area (Å²) in [6, 6.07) is 14.4. The number of amides is 2. The molecule has 23 heavy (non-hydrogen) atoms. The number of nitrogens with one attached hydrogen (secondary N) is 1. The zero-order valence-electron chi connectivity index (χ0n) is 12.6. The molecule has 0 spiro atoms. The Morgan fingerprint density at radius 2 is 1.91 bits per heavy atom. The Morgan fingerprint density at radius 3 is 2.57 bits per heavy atom. The molecule has 0 unspecified atom stereocenters. The molecule has 2 aromatic rings. The first kappa shape index (κ1) is 17.5. The molecule has 0 heterocycles. The van der Waals surface area contributed by atoms with Crippen molar-refractivity contribution in [2.45, 2.75) is 13.3 Å². The summed E-state index contributed by atoms with van der Waals surface area (Å²) in [5.74, 6) is -0.293. The molecule has 0 aliphatic heterocycles. The quantitative estimate of drug-likeness (QED) is 0.811. The van der Waals surface area contributed by atoms with Crippen LogP contribution in [0.5, 0.6) is 0 Å². The van der Waals surface area contributed by atoms with Crippen molar-refractivity contribution < 1.29 is 9.59 Å². The topological polar surface area (TPSA) is 49.4 Å². The Hall–Kier alpha value is -1.85. The maximum Gasteiger partial charge on any atom is 0.226 e. The smallest absolute Gasteiger partial charge is 0.226 e. The lowest BCUT2D eigenvalue weighted by molar-refractivity contribution is -0.117. The van der Waals surface area contributed by atoms with E-state index in [1.807, 2.05) is 24.3 Å². The van der Waals surface area contributed by atoms with Crippen LogP contribution in [0.1, 0.15) is 13.3 Å². The highest BCUT2D eigenvalue weighted by molar-refractivity contribution is 9.10. The Balaban J connectivity index is 2.00. The Kier molecular flexibility index (Phi) is 6.19. The Labute approximate surface area is 148 Å². The summed E-state index contributed by atoms with van der Waals surface area (Å²) in [6.07, 6.45) is 0.188. The van der Waals surface area contributed by atoms with E-state index >= 15 is 0 Å². The number of hydrogen-bond donors (Lipinski definition) is 1. The minimum Gasteiger partial charge on any atom is -0.326 e. The third-order valence-electron chi connectivity index (χ3n) is 3.19. The number of nitrogens with zero attached hydrogens (tertiary/aromatic N) is 1. The van der Waals surface area contributed by atoms with Crippen LogP contribution in [-0.2, 0) is 9.59 Å². The highest BCUT2D eigenvalue weighted by Crippen LogP contribution is 2.26. The second-order valence-corrected chi connectivity index (χ2v) is 6.22. The summed E-state index contributed by atoms with van der Waals surface area (Å²) in [7, 11) is 0. The van der Waals surface area contributed by atoms with E-state index in [0.29, 0.717) is 17.3 Å². The highest BCUT2D eigenvalue weighted by atomic mass is 79.9. The fraction of sp³-hybridized carbons (Fsp3) is 0.176. The maximum atomic E-state index is 12.1. The molecule has 0 saturated heterocycles. The van der Waals surface area contributed by atoms with Crippen LogP contribution in [0, 0.1) is 0 Å². The summed E-state index contributed by atoms with van der Waals surface area (Å²) < 4.78 is 0.811. The molecule has 6 heteroatoms. The van der Waals surface area contributed by atoms with Gasteiger partial charge in [-0.2, -0.15) is 0 Å². The lowest BCUT2D eigenvalue weighted by Gasteiger charge is -2.22. The van der Waals surface area contributed by atoms with Gasteiger partial charge in [-0.15, -0.1) is 0 Å². The van der Waals surface area contributed by atoms with Gasteiger partial charge in [0.25, 0.3) is 0 Å². The molecule has 0 atom stereocenters. The average Bonchev–Trinajstić information content (AvgIpc) is 2.49. The zero-order chi connectivity index (χ0) is 16.8. The van der Waals surface area contributed by atoms with Gasteiger partial charge in [0.1, 0.15) is 0 Å². The van der Waals surface area contributed by atoms with Crippen LogP contribution >= 0.6 is 27.5 Å². The van der Waals surface area contributed by atoms with E-state index in [2.05, 4.69) is 21.2 Å². The Morgan fingerprint density at radius 1 is 1.17 bits per heavy atom. The first-order valence-electron chi connectivity index (χ1n) is 7.05. The van der Waals surface area contributed by atoms with Crippen LogP contribution in [0.3, 0.4) is 0 Å². The van der Waals surface area contributed by atoms with Crippen molar-refractivity contribution in [1.29, 1.82) is 0 Å². The molecule has 4 nitrogen and oxygen atoms in total. The summed E-state index contributed by atoms with van der Waals surface area (Å²) in [4.78, 5) is 25.5. The Bertz CT molecular complexity index is 721. The molecule has 2 rings (SSSR count). The van der Waals surface area contributed by atoms with Crippen LogP contribution in [0.2, 0.25) is 5.02 Å². The minimum atomic E-state index is -0.175. The van der Waals surface area contributed by atoms with E-state index < -0.39 is 0 Å². The van der Waals surface area contributed by atoms with Crippen LogP contribution in [-0.4, -0.2) is 18.4 Å². The predicted octanol–water partition coefficient (Wildman–Crippen LogP) is 4.48. The number of carbonyl (C=O) groups is 2. The molecule has 0 bridgehead atoms. The number of halogens is 2. The summed E-state index contributed by atoms with van der Waals surface area (Å²) in [6.45, 7) is 1.78. The van der Waals surface area contributed by atoms with Crippen molar-refractivity contribution in [3.63, 3.8) is 0 Å². The molecule has 0 aliphatic rings. The molecule has 120 valence electrons. The van der Waals surface area contributed by atoms with E-state index in [-0.39, 0.29) is 18.2 Å². The largest absolute Gasteiger partial charge is 0.326 e. The molecular formula is C17H16BrClN2O2. The van der Waals surface area contributed by atoms with Gasteiger partial charge in [0.2, 0.25) is 11.8 Å². The van der Waals surface area contributed by atoms with Crippen LogP contribution < -0.4 is 10.2 Å². The van der Waals surface area contributed by atoms with Crippen LogP contribution in [0.4, 0.5) is 11.4 Å². The lowest BCUT2D eigenvalue weighted by Crippen LogP contribution is -2.32. The molecule has 0 radical (unpaired) electrons. The molecule has 0 saturated carbocycles. The lowest BCUT2D eigenvalue weighted by atomic mass is 10.2. The standard InChI is InChI=1S/C17H16BrClN2O2/c1-12(22)21(16-8-3-2-7-15(16)18)10-9-17(23)20-14-6-4-5-13(19)11-14/h2-8,11H,9-10H2,1H3,(H,20,23). The molecule has 1 N–H and O–H groups in total. The maximum absolute atomic E-state index is 12.1. The van der Waals surface area contributed by atoms with Gasteiger partial charge in [-0.3, -0.25) is 9.59 Å². The number of hydrogen-bond acceptors (Lipinski definition) is 2. The highest BCUT2D eigenvalue weighted by Gasteiger charge is 2.15. The number of carbonyl (C=O) groups excluding carboxylic acids is 2. The van der Waals surface area contributed by atoms with Crippen molar-refractivity contribution in [3.05, 3.63) is 58.0 Å². The number of anilines is 2. The first-order chi connectivity index (χ1) is 11.0. The molecule has 0 fully saturated rings. The summed E-state index contributed by atoms with van der Waals surface area (Å²) >= 11 is 9.31. The molecular weight excluding hydrogens is 380 g/mol. The second-order valence-electron chi connectivity index (χ2n) is 4.93. The third-order valence-corrected chi connectivity index (χ3v) is 4.10. The normalized spacial score (nSPS) is 10.2. The monoisotopic (exact) mass is 394 g/mol. The van der Waals surface area contributed by atoms with Gasteiger partial charge >= 0.3 is 0 Å². The molecule has 2 aromatic carbocycles. The van der Waals surface area contributed by atoms with Crippen LogP contribution in [0.25, 0.3) is 0 Å². The van der Waals surface area contributed by atoms with Crippen LogP contribution in [0.15, 0.2) is 53.0 Å². The SMILES string of the molecule is CC(=O)N(CCC(=O)Nc1cccc(Cl)c1)c1ccccc1Br. The molecule has 0 aliphatic carbocycles. The fourth-order valence-electron chi connectivity index (χ4n) is 2.12. The van der Waals surface area contributed by atoms with E-state index in [1.54, 1.807) is 29.2 Å². The molecule has 2 amide bonds. The van der Waals surface area contributed by atoms with Gasteiger partial charge in [-0.1, -0.05) is 29.8 Å². The van der Waals surface area contributed by atoms with Gasteiger partial charge in [0, 0.05) is 35.1 Å². The minimum absolute atomic E-state index is 0.118. The fourth-order valence-corrected chi connectivity index (χ4v) is 2.81. The third kappa shape index (κ3) is 5.08. The van der Waals surface area contributed by atoms with E-state index in [0.717, 1.165) is 10.2 Å². The summed E-state index contributed by atoms with van der Waals surface area (Å²) in [5, 5.41) is 3.33. The van der Waals surface area contributed by atoms with Gasteiger partial charge in [-0.05, 0) is 46.3 Å². The number of para-hydroxylation sites is 1. The van der Waals surface area contributed by atoms with Gasteiger partial charge in [0.05, 0.1) is 5.69 Å². The van der Waals surface area contributed by atoms with E-state index in [9.17, 15) is 9.59 Å². The number of rotatable bonds is 5. The molecule has 0 aromatic heterocycles. The first-order valence-corrected chi connectivity index (χ1v) is 8.22. The van der Waals surface area contributed by atoms with Crippen molar-refractivity contribution in [2.75, 3.05) is 16.8 Å². The van der Waals surface area contributed by atoms with E-state index in [1.165, 1.54) is 6.92 Å². The zero-order valence-corrected chi connectivity index (χ0v) is 14.9. The van der Waals surface area contributed by atoms with Gasteiger partial charge in [0.15, 0.2) is 0 Å². The second kappa shape index (κ2) is 8.13. The van der Waals surface area contributed by atoms with Crippen molar-refractivity contribution in [1.82, 2.24) is 0 Å². The van der Waals surface area contributed by atoms with Crippen molar-refractivity contribution >= 4 is 50.7 Å². The average molecular weight is 396 g/mol. The number of benzene rings is 2. The summed E-state index contributed by atoms with van der Waals surface area (Å²) in [5.41, 5.74) is 1.38. The van der Waals surface area contributed by atoms with E-state index in [4.69, 9.17) is 11.6 Å². The predicted molar refractivity (Wildman–Crippen MR) is 96.9 cm³/mol. The van der Waals surface area contributed by atoms with Crippen molar-refractivity contribution in [3.8, 4) is 0 Å². The van der Waals surface area contributed by atoms with Gasteiger partial charge < -0.3 is 10.2 Å². The van der Waals surface area contributed by atoms with Gasteiger partial charge in [-0.25, -0.2) is 0 Å².